The Morgan fingerprint density at radius 2 is 2.00 bits per heavy atom. The quantitative estimate of drug-likeness (QED) is 0.723. The van der Waals surface area contributed by atoms with E-state index in [0.717, 1.165) is 12.0 Å². The molecule has 2 unspecified atom stereocenters. The highest BCUT2D eigenvalue weighted by Crippen LogP contribution is 2.15. The summed E-state index contributed by atoms with van der Waals surface area (Å²) in [5.41, 5.74) is 6.60. The minimum absolute atomic E-state index is 0.0790. The number of rotatable bonds is 7. The molecule has 0 aromatic heterocycles. The normalized spacial score (nSPS) is 13.9. The van der Waals surface area contributed by atoms with Crippen molar-refractivity contribution in [3.8, 4) is 0 Å². The summed E-state index contributed by atoms with van der Waals surface area (Å²) in [6.45, 7) is 4.91. The largest absolute Gasteiger partial charge is 0.374 e. The first-order chi connectivity index (χ1) is 8.61. The molecule has 0 saturated carbocycles. The van der Waals surface area contributed by atoms with E-state index in [2.05, 4.69) is 5.32 Å². The Labute approximate surface area is 109 Å². The zero-order chi connectivity index (χ0) is 13.4. The molecule has 0 aliphatic carbocycles. The predicted molar refractivity (Wildman–Crippen MR) is 72.1 cm³/mol. The molecule has 4 heteroatoms. The molecule has 0 saturated heterocycles. The van der Waals surface area contributed by atoms with E-state index in [1.807, 2.05) is 37.3 Å². The van der Waals surface area contributed by atoms with Gasteiger partial charge in [-0.15, -0.1) is 0 Å². The van der Waals surface area contributed by atoms with E-state index < -0.39 is 6.04 Å². The van der Waals surface area contributed by atoms with Gasteiger partial charge in [0.2, 0.25) is 5.91 Å². The molecule has 0 aliphatic heterocycles. The third-order valence-electron chi connectivity index (χ3n) is 2.67. The molecule has 100 valence electrons. The third kappa shape index (κ3) is 5.29. The number of carbonyl (C=O) groups is 1. The van der Waals surface area contributed by atoms with Crippen LogP contribution in [0.3, 0.4) is 0 Å². The van der Waals surface area contributed by atoms with Crippen LogP contribution < -0.4 is 11.1 Å². The molecular weight excluding hydrogens is 228 g/mol. The highest BCUT2D eigenvalue weighted by Gasteiger charge is 2.06. The van der Waals surface area contributed by atoms with Crippen LogP contribution in [0.4, 0.5) is 0 Å². The highest BCUT2D eigenvalue weighted by molar-refractivity contribution is 5.80. The summed E-state index contributed by atoms with van der Waals surface area (Å²) in [7, 11) is 0. The van der Waals surface area contributed by atoms with Gasteiger partial charge in [-0.25, -0.2) is 0 Å². The molecule has 1 aromatic carbocycles. The summed E-state index contributed by atoms with van der Waals surface area (Å²) in [6, 6.07) is 9.62. The lowest BCUT2D eigenvalue weighted by Gasteiger charge is -2.13. The predicted octanol–water partition coefficient (Wildman–Crippen LogP) is 1.62. The molecule has 0 heterocycles. The topological polar surface area (TPSA) is 64.4 Å². The van der Waals surface area contributed by atoms with Gasteiger partial charge in [0.25, 0.3) is 0 Å². The minimum Gasteiger partial charge on any atom is -0.374 e. The van der Waals surface area contributed by atoms with Gasteiger partial charge in [-0.1, -0.05) is 30.3 Å². The molecule has 1 aromatic rings. The number of carbonyl (C=O) groups excluding carboxylic acids is 1. The number of hydrogen-bond donors (Lipinski definition) is 2. The van der Waals surface area contributed by atoms with E-state index in [4.69, 9.17) is 10.5 Å². The van der Waals surface area contributed by atoms with Crippen molar-refractivity contribution in [3.63, 3.8) is 0 Å². The Bertz CT molecular complexity index is 352. The average molecular weight is 250 g/mol. The van der Waals surface area contributed by atoms with E-state index >= 15 is 0 Å². The molecule has 1 amide bonds. The van der Waals surface area contributed by atoms with Crippen molar-refractivity contribution in [3.05, 3.63) is 35.9 Å². The zero-order valence-corrected chi connectivity index (χ0v) is 11.1. The summed E-state index contributed by atoms with van der Waals surface area (Å²) in [4.78, 5) is 11.2. The fraction of sp³-hybridized carbons (Fsp3) is 0.500. The van der Waals surface area contributed by atoms with Gasteiger partial charge in [-0.05, 0) is 25.8 Å². The molecule has 0 aliphatic rings. The second-order valence-corrected chi connectivity index (χ2v) is 4.36. The second kappa shape index (κ2) is 7.84. The van der Waals surface area contributed by atoms with Crippen LogP contribution in [-0.4, -0.2) is 25.1 Å². The van der Waals surface area contributed by atoms with Gasteiger partial charge in [0.05, 0.1) is 12.1 Å². The van der Waals surface area contributed by atoms with Crippen LogP contribution >= 0.6 is 0 Å². The third-order valence-corrected chi connectivity index (χ3v) is 2.67. The Balaban J connectivity index is 2.13. The first kappa shape index (κ1) is 14.7. The van der Waals surface area contributed by atoms with Gasteiger partial charge in [0, 0.05) is 13.2 Å². The van der Waals surface area contributed by atoms with E-state index in [0.29, 0.717) is 13.2 Å². The van der Waals surface area contributed by atoms with Gasteiger partial charge in [-0.2, -0.15) is 0 Å². The number of amides is 1. The number of hydrogen-bond acceptors (Lipinski definition) is 3. The lowest BCUT2D eigenvalue weighted by molar-refractivity contribution is -0.122. The van der Waals surface area contributed by atoms with E-state index in [1.54, 1.807) is 6.92 Å². The summed E-state index contributed by atoms with van der Waals surface area (Å²) in [5, 5.41) is 2.75. The maximum Gasteiger partial charge on any atom is 0.236 e. The van der Waals surface area contributed by atoms with Crippen LogP contribution in [-0.2, 0) is 9.53 Å². The summed E-state index contributed by atoms with van der Waals surface area (Å²) in [6.07, 6.45) is 0.866. The van der Waals surface area contributed by atoms with Crippen molar-refractivity contribution in [2.45, 2.75) is 32.4 Å². The van der Waals surface area contributed by atoms with Crippen LogP contribution in [0.25, 0.3) is 0 Å². The number of nitrogens with two attached hydrogens (primary N) is 1. The molecule has 3 N–H and O–H groups in total. The summed E-state index contributed by atoms with van der Waals surface area (Å²) < 4.78 is 5.69. The molecule has 0 fully saturated rings. The molecule has 0 radical (unpaired) electrons. The maximum atomic E-state index is 11.2. The molecule has 1 rings (SSSR count). The van der Waals surface area contributed by atoms with E-state index in [9.17, 15) is 4.79 Å². The molecule has 0 bridgehead atoms. The van der Waals surface area contributed by atoms with Crippen LogP contribution in [0, 0.1) is 0 Å². The lowest BCUT2D eigenvalue weighted by Crippen LogP contribution is -2.38. The lowest BCUT2D eigenvalue weighted by atomic mass is 10.1. The molecular formula is C14H22N2O2. The summed E-state index contributed by atoms with van der Waals surface area (Å²) in [5.74, 6) is -0.119. The Kier molecular flexibility index (Phi) is 6.39. The SMILES string of the molecule is CC(N)C(=O)NCCCOC(C)c1ccccc1. The fourth-order valence-corrected chi connectivity index (χ4v) is 1.53. The molecule has 2 atom stereocenters. The van der Waals surface area contributed by atoms with Gasteiger partial charge < -0.3 is 15.8 Å². The standard InChI is InChI=1S/C14H22N2O2/c1-11(15)14(17)16-9-6-10-18-12(2)13-7-4-3-5-8-13/h3-5,7-8,11-12H,6,9-10,15H2,1-2H3,(H,16,17). The van der Waals surface area contributed by atoms with Crippen LogP contribution in [0.5, 0.6) is 0 Å². The molecule has 0 spiro atoms. The van der Waals surface area contributed by atoms with E-state index in [-0.39, 0.29) is 12.0 Å². The smallest absolute Gasteiger partial charge is 0.236 e. The zero-order valence-electron chi connectivity index (χ0n) is 11.1. The maximum absolute atomic E-state index is 11.2. The number of benzene rings is 1. The van der Waals surface area contributed by atoms with Crippen molar-refractivity contribution in [1.29, 1.82) is 0 Å². The second-order valence-electron chi connectivity index (χ2n) is 4.36. The summed E-state index contributed by atoms with van der Waals surface area (Å²) >= 11 is 0. The minimum atomic E-state index is -0.450. The Morgan fingerprint density at radius 1 is 1.33 bits per heavy atom. The van der Waals surface area contributed by atoms with Crippen molar-refractivity contribution in [2.24, 2.45) is 5.73 Å². The number of nitrogens with one attached hydrogen (secondary N) is 1. The van der Waals surface area contributed by atoms with Gasteiger partial charge in [0.1, 0.15) is 0 Å². The van der Waals surface area contributed by atoms with Gasteiger partial charge >= 0.3 is 0 Å². The van der Waals surface area contributed by atoms with Crippen molar-refractivity contribution < 1.29 is 9.53 Å². The fourth-order valence-electron chi connectivity index (χ4n) is 1.53. The van der Waals surface area contributed by atoms with Gasteiger partial charge in [-0.3, -0.25) is 4.79 Å². The highest BCUT2D eigenvalue weighted by atomic mass is 16.5. The van der Waals surface area contributed by atoms with Crippen LogP contribution in [0.2, 0.25) is 0 Å². The Morgan fingerprint density at radius 3 is 2.61 bits per heavy atom. The van der Waals surface area contributed by atoms with E-state index in [1.165, 1.54) is 0 Å². The monoisotopic (exact) mass is 250 g/mol. The number of ether oxygens (including phenoxy) is 1. The van der Waals surface area contributed by atoms with Crippen molar-refractivity contribution >= 4 is 5.91 Å². The van der Waals surface area contributed by atoms with Gasteiger partial charge in [0.15, 0.2) is 0 Å². The average Bonchev–Trinajstić information content (AvgIpc) is 2.38. The van der Waals surface area contributed by atoms with Crippen LogP contribution in [0.1, 0.15) is 31.9 Å². The first-order valence-corrected chi connectivity index (χ1v) is 6.31. The first-order valence-electron chi connectivity index (χ1n) is 6.31. The van der Waals surface area contributed by atoms with Crippen molar-refractivity contribution in [1.82, 2.24) is 5.32 Å². The molecule has 18 heavy (non-hydrogen) atoms. The van der Waals surface area contributed by atoms with Crippen LogP contribution in [0.15, 0.2) is 30.3 Å². The Hall–Kier alpha value is -1.39. The molecule has 4 nitrogen and oxygen atoms in total. The van der Waals surface area contributed by atoms with Crippen molar-refractivity contribution in [2.75, 3.05) is 13.2 Å².